The summed E-state index contributed by atoms with van der Waals surface area (Å²) in [6.45, 7) is 20.3. The molecule has 3 heteroatoms. The normalized spacial score (nSPS) is 13.6. The lowest BCUT2D eigenvalue weighted by molar-refractivity contribution is -0.633. The summed E-state index contributed by atoms with van der Waals surface area (Å²) >= 11 is 0. The number of benzene rings is 2. The smallest absolute Gasteiger partial charge is 0.289 e. The molecule has 0 aliphatic carbocycles. The van der Waals surface area contributed by atoms with Crippen molar-refractivity contribution in [1.82, 2.24) is 0 Å². The fourth-order valence-electron chi connectivity index (χ4n) is 3.80. The average Bonchev–Trinajstić information content (AvgIpc) is 2.69. The lowest BCUT2D eigenvalue weighted by Gasteiger charge is -2.22. The van der Waals surface area contributed by atoms with E-state index in [9.17, 15) is 5.26 Å². The predicted octanol–water partition coefficient (Wildman–Crippen LogP) is 5.90. The molecule has 0 saturated carbocycles. The van der Waals surface area contributed by atoms with Gasteiger partial charge in [-0.05, 0) is 48.1 Å². The third-order valence-corrected chi connectivity index (χ3v) is 5.97. The van der Waals surface area contributed by atoms with Crippen LogP contribution in [0.4, 0.5) is 0 Å². The van der Waals surface area contributed by atoms with Crippen LogP contribution in [0.3, 0.4) is 0 Å². The number of hydrogen-bond donors (Lipinski definition) is 0. The van der Waals surface area contributed by atoms with Gasteiger partial charge in [-0.1, -0.05) is 39.0 Å². The molecule has 29 heavy (non-hydrogen) atoms. The van der Waals surface area contributed by atoms with Gasteiger partial charge in [-0.25, -0.2) is 6.57 Å². The highest BCUT2D eigenvalue weighted by Gasteiger charge is 2.38. The minimum atomic E-state index is -1.23. The van der Waals surface area contributed by atoms with E-state index in [1.807, 2.05) is 24.3 Å². The maximum Gasteiger partial charge on any atom is 0.339 e. The molecule has 0 radical (unpaired) electrons. The molecular formula is C26H28N3+. The molecule has 0 fully saturated rings. The first-order valence-corrected chi connectivity index (χ1v) is 9.87. The Balaban J connectivity index is 2.48. The summed E-state index contributed by atoms with van der Waals surface area (Å²) in [6, 6.07) is 16.8. The van der Waals surface area contributed by atoms with Gasteiger partial charge in [-0.2, -0.15) is 9.83 Å². The minimum Gasteiger partial charge on any atom is -0.289 e. The van der Waals surface area contributed by atoms with Gasteiger partial charge in [-0.15, -0.1) is 0 Å². The Kier molecular flexibility index (Phi) is 4.97. The number of pyridine rings is 1. The van der Waals surface area contributed by atoms with E-state index in [-0.39, 0.29) is 5.41 Å². The zero-order valence-corrected chi connectivity index (χ0v) is 18.4. The molecule has 1 aromatic heterocycles. The van der Waals surface area contributed by atoms with E-state index in [0.717, 1.165) is 27.7 Å². The van der Waals surface area contributed by atoms with Crippen LogP contribution in [0.1, 0.15) is 49.9 Å². The van der Waals surface area contributed by atoms with E-state index in [1.54, 1.807) is 6.92 Å². The van der Waals surface area contributed by atoms with Gasteiger partial charge in [0, 0.05) is 24.6 Å². The third kappa shape index (κ3) is 3.39. The van der Waals surface area contributed by atoms with Crippen LogP contribution in [0.25, 0.3) is 27.0 Å². The number of para-hydroxylation sites is 1. The number of nitrogens with zero attached hydrogens (tertiary/aromatic N) is 3. The van der Waals surface area contributed by atoms with Crippen molar-refractivity contribution >= 4 is 10.9 Å². The third-order valence-electron chi connectivity index (χ3n) is 5.97. The Morgan fingerprint density at radius 3 is 2.28 bits per heavy atom. The van der Waals surface area contributed by atoms with Gasteiger partial charge < -0.3 is 0 Å². The van der Waals surface area contributed by atoms with Crippen LogP contribution in [0.2, 0.25) is 0 Å². The second-order valence-corrected chi connectivity index (χ2v) is 9.03. The molecule has 2 aromatic carbocycles. The van der Waals surface area contributed by atoms with Crippen molar-refractivity contribution in [3.8, 4) is 17.3 Å². The largest absolute Gasteiger partial charge is 0.339 e. The summed E-state index contributed by atoms with van der Waals surface area (Å²) in [6.07, 6.45) is 0. The Labute approximate surface area is 174 Å². The average molecular weight is 383 g/mol. The van der Waals surface area contributed by atoms with Crippen molar-refractivity contribution < 1.29 is 4.57 Å². The van der Waals surface area contributed by atoms with E-state index in [0.29, 0.717) is 0 Å². The minimum absolute atomic E-state index is 0.0309. The van der Waals surface area contributed by atoms with Gasteiger partial charge in [0.25, 0.3) is 0 Å². The van der Waals surface area contributed by atoms with E-state index in [1.165, 1.54) is 16.7 Å². The quantitative estimate of drug-likeness (QED) is 0.401. The summed E-state index contributed by atoms with van der Waals surface area (Å²) in [5.41, 5.74) is 6.49. The summed E-state index contributed by atoms with van der Waals surface area (Å²) in [5.74, 6) is 0. The van der Waals surface area contributed by atoms with Gasteiger partial charge in [-0.3, -0.25) is 4.85 Å². The lowest BCUT2D eigenvalue weighted by Crippen LogP contribution is -2.34. The van der Waals surface area contributed by atoms with Crippen LogP contribution in [-0.4, -0.2) is 0 Å². The highest BCUT2D eigenvalue weighted by molar-refractivity contribution is 5.84. The van der Waals surface area contributed by atoms with Crippen LogP contribution in [0, 0.1) is 31.8 Å². The van der Waals surface area contributed by atoms with Gasteiger partial charge in [0.1, 0.15) is 7.05 Å². The zero-order chi connectivity index (χ0) is 21.6. The van der Waals surface area contributed by atoms with E-state index >= 15 is 0 Å². The Bertz CT molecular complexity index is 1180. The number of nitriles is 1. The first-order chi connectivity index (χ1) is 13.5. The Morgan fingerprint density at radius 1 is 1.03 bits per heavy atom. The van der Waals surface area contributed by atoms with Crippen LogP contribution >= 0.6 is 0 Å². The van der Waals surface area contributed by atoms with E-state index in [2.05, 4.69) is 75.3 Å². The van der Waals surface area contributed by atoms with Crippen molar-refractivity contribution in [2.75, 3.05) is 0 Å². The molecule has 0 aliphatic rings. The summed E-state index contributed by atoms with van der Waals surface area (Å²) < 4.78 is 2.18. The molecule has 3 rings (SSSR count). The Morgan fingerprint density at radius 2 is 1.69 bits per heavy atom. The number of hydrogen-bond acceptors (Lipinski definition) is 1. The van der Waals surface area contributed by atoms with E-state index in [4.69, 9.17) is 6.57 Å². The van der Waals surface area contributed by atoms with Crippen molar-refractivity contribution in [2.24, 2.45) is 7.05 Å². The van der Waals surface area contributed by atoms with E-state index < -0.39 is 5.54 Å². The molecule has 0 spiro atoms. The maximum atomic E-state index is 9.81. The van der Waals surface area contributed by atoms with Crippen LogP contribution in [0.15, 0.2) is 42.5 Å². The number of fused-ring (bicyclic) bond motifs is 1. The SMILES string of the molecule is [C-]#[N+]C(C)(C#N)c1cc(-c2cc(C(C)(C)C)cc(C)c2C)[n+](C)c2ccccc12. The molecule has 0 aliphatic heterocycles. The lowest BCUT2D eigenvalue weighted by atomic mass is 9.82. The van der Waals surface area contributed by atoms with Gasteiger partial charge in [0.2, 0.25) is 11.2 Å². The van der Waals surface area contributed by atoms with Crippen molar-refractivity contribution in [1.29, 1.82) is 5.26 Å². The first kappa shape index (κ1) is 20.6. The highest BCUT2D eigenvalue weighted by Crippen LogP contribution is 2.36. The molecule has 3 aromatic rings. The molecular weight excluding hydrogens is 354 g/mol. The topological polar surface area (TPSA) is 32.0 Å². The van der Waals surface area contributed by atoms with Crippen LogP contribution in [0.5, 0.6) is 0 Å². The van der Waals surface area contributed by atoms with Crippen LogP contribution in [-0.2, 0) is 18.0 Å². The first-order valence-electron chi connectivity index (χ1n) is 9.87. The molecule has 0 saturated heterocycles. The second-order valence-electron chi connectivity index (χ2n) is 9.03. The molecule has 0 N–H and O–H groups in total. The number of aryl methyl sites for hydroxylation is 2. The van der Waals surface area contributed by atoms with Gasteiger partial charge >= 0.3 is 5.54 Å². The van der Waals surface area contributed by atoms with Gasteiger partial charge in [0.05, 0.1) is 10.9 Å². The number of aromatic nitrogens is 1. The molecule has 1 atom stereocenters. The summed E-state index contributed by atoms with van der Waals surface area (Å²) in [5, 5.41) is 10.8. The molecule has 1 heterocycles. The molecule has 1 unspecified atom stereocenters. The maximum absolute atomic E-state index is 9.81. The fraction of sp³-hybridized carbons (Fsp3) is 0.346. The standard InChI is InChI=1S/C26H28N3/c1-17-13-19(25(3,4)5)14-21(18(17)2)24-15-22(26(6,16-27)28-7)20-11-9-10-12-23(20)29(24)8/h9-15H,1-6,8H3/q+1. The highest BCUT2D eigenvalue weighted by atomic mass is 14.9. The summed E-state index contributed by atoms with van der Waals surface area (Å²) in [4.78, 5) is 3.70. The molecule has 0 amide bonds. The molecule has 146 valence electrons. The number of rotatable bonds is 2. The Hall–Kier alpha value is -3.17. The zero-order valence-electron chi connectivity index (χ0n) is 18.4. The van der Waals surface area contributed by atoms with Gasteiger partial charge in [0.15, 0.2) is 6.07 Å². The monoisotopic (exact) mass is 382 g/mol. The summed E-state index contributed by atoms with van der Waals surface area (Å²) in [7, 11) is 2.06. The second kappa shape index (κ2) is 7.02. The van der Waals surface area contributed by atoms with Crippen LogP contribution < -0.4 is 4.57 Å². The van der Waals surface area contributed by atoms with Crippen molar-refractivity contribution in [2.45, 2.75) is 52.5 Å². The molecule has 3 nitrogen and oxygen atoms in total. The van der Waals surface area contributed by atoms with Crippen molar-refractivity contribution in [3.63, 3.8) is 0 Å². The predicted molar refractivity (Wildman–Crippen MR) is 118 cm³/mol. The molecule has 0 bridgehead atoms. The van der Waals surface area contributed by atoms with Crippen molar-refractivity contribution in [3.05, 3.63) is 76.1 Å². The fourth-order valence-corrected chi connectivity index (χ4v) is 3.80.